The monoisotopic (exact) mass is 420 g/mol. The second-order valence-corrected chi connectivity index (χ2v) is 9.29. The third-order valence-electron chi connectivity index (χ3n) is 5.44. The number of fused-ring (bicyclic) bond motifs is 1. The van der Waals surface area contributed by atoms with E-state index in [0.29, 0.717) is 17.7 Å². The van der Waals surface area contributed by atoms with Gasteiger partial charge in [-0.3, -0.25) is 9.10 Å². The number of anilines is 2. The zero-order valence-corrected chi connectivity index (χ0v) is 17.8. The highest BCUT2D eigenvalue weighted by Gasteiger charge is 2.36. The molecule has 3 aromatic rings. The minimum Gasteiger partial charge on any atom is -0.322 e. The van der Waals surface area contributed by atoms with Crippen LogP contribution in [0.2, 0.25) is 0 Å². The molecule has 0 radical (unpaired) electrons. The Morgan fingerprint density at radius 3 is 2.57 bits per heavy atom. The van der Waals surface area contributed by atoms with Gasteiger partial charge in [-0.2, -0.15) is 0 Å². The minimum absolute atomic E-state index is 0.113. The van der Waals surface area contributed by atoms with E-state index in [4.69, 9.17) is 0 Å². The van der Waals surface area contributed by atoms with Crippen LogP contribution in [0.3, 0.4) is 0 Å². The smallest absolute Gasteiger partial charge is 0.264 e. The van der Waals surface area contributed by atoms with Gasteiger partial charge in [0.25, 0.3) is 15.9 Å². The summed E-state index contributed by atoms with van der Waals surface area (Å²) in [5.41, 5.74) is 3.79. The van der Waals surface area contributed by atoms with Crippen molar-refractivity contribution in [2.75, 3.05) is 9.62 Å². The van der Waals surface area contributed by atoms with Crippen molar-refractivity contribution in [3.8, 4) is 0 Å². The normalized spacial score (nSPS) is 15.7. The molecule has 0 saturated heterocycles. The molecule has 1 aliphatic heterocycles. The number of nitrogens with one attached hydrogen (secondary N) is 1. The topological polar surface area (TPSA) is 66.5 Å². The Labute approximate surface area is 177 Å². The number of amides is 1. The summed E-state index contributed by atoms with van der Waals surface area (Å²) in [7, 11) is -3.79. The predicted octanol–water partition coefficient (Wildman–Crippen LogP) is 4.64. The van der Waals surface area contributed by atoms with Gasteiger partial charge in [0.1, 0.15) is 0 Å². The van der Waals surface area contributed by atoms with E-state index in [0.717, 1.165) is 23.2 Å². The van der Waals surface area contributed by atoms with E-state index in [9.17, 15) is 13.2 Å². The number of hydrogen-bond donors (Lipinski definition) is 1. The van der Waals surface area contributed by atoms with Crippen LogP contribution in [0, 0.1) is 0 Å². The maximum absolute atomic E-state index is 13.4. The van der Waals surface area contributed by atoms with Crippen LogP contribution in [-0.2, 0) is 22.9 Å². The molecule has 5 nitrogen and oxygen atoms in total. The van der Waals surface area contributed by atoms with Crippen molar-refractivity contribution >= 4 is 27.3 Å². The van der Waals surface area contributed by atoms with Gasteiger partial charge in [0, 0.05) is 17.3 Å². The Morgan fingerprint density at radius 1 is 1.03 bits per heavy atom. The number of hydrogen-bond acceptors (Lipinski definition) is 3. The first-order valence-corrected chi connectivity index (χ1v) is 11.5. The van der Waals surface area contributed by atoms with Gasteiger partial charge in [0.2, 0.25) is 0 Å². The Morgan fingerprint density at radius 2 is 1.77 bits per heavy atom. The molecule has 0 spiro atoms. The Bertz CT molecular complexity index is 1200. The van der Waals surface area contributed by atoms with E-state index in [1.807, 2.05) is 62.4 Å². The average molecular weight is 421 g/mol. The maximum Gasteiger partial charge on any atom is 0.264 e. The largest absolute Gasteiger partial charge is 0.322 e. The van der Waals surface area contributed by atoms with Crippen LogP contribution in [0.4, 0.5) is 11.4 Å². The lowest BCUT2D eigenvalue weighted by atomic mass is 10.1. The van der Waals surface area contributed by atoms with Gasteiger partial charge >= 0.3 is 0 Å². The molecule has 0 aromatic heterocycles. The molecule has 1 amide bonds. The highest BCUT2D eigenvalue weighted by Crippen LogP contribution is 2.36. The van der Waals surface area contributed by atoms with Crippen molar-refractivity contribution in [1.82, 2.24) is 0 Å². The van der Waals surface area contributed by atoms with Crippen LogP contribution in [0.25, 0.3) is 0 Å². The molecule has 3 aromatic carbocycles. The van der Waals surface area contributed by atoms with Crippen LogP contribution in [0.5, 0.6) is 0 Å². The van der Waals surface area contributed by atoms with E-state index in [1.165, 1.54) is 10.4 Å². The van der Waals surface area contributed by atoms with Crippen LogP contribution in [0.1, 0.15) is 35.3 Å². The number of carbonyl (C=O) groups excluding carboxylic acids is 1. The Hall–Kier alpha value is -3.12. The maximum atomic E-state index is 13.4. The van der Waals surface area contributed by atoms with Crippen LogP contribution in [-0.4, -0.2) is 20.4 Å². The highest BCUT2D eigenvalue weighted by atomic mass is 32.2. The molecule has 6 heteroatoms. The predicted molar refractivity (Wildman–Crippen MR) is 119 cm³/mol. The van der Waals surface area contributed by atoms with Crippen LogP contribution in [0.15, 0.2) is 77.7 Å². The molecule has 0 bridgehead atoms. The van der Waals surface area contributed by atoms with Crippen LogP contribution >= 0.6 is 0 Å². The van der Waals surface area contributed by atoms with Crippen molar-refractivity contribution in [2.24, 2.45) is 0 Å². The zero-order valence-electron chi connectivity index (χ0n) is 17.0. The highest BCUT2D eigenvalue weighted by molar-refractivity contribution is 7.92. The molecule has 0 aliphatic carbocycles. The van der Waals surface area contributed by atoms with Gasteiger partial charge in [0.15, 0.2) is 0 Å². The summed E-state index contributed by atoms with van der Waals surface area (Å²) >= 11 is 0. The average Bonchev–Trinajstić information content (AvgIpc) is 3.10. The van der Waals surface area contributed by atoms with E-state index >= 15 is 0 Å². The fraction of sp³-hybridized carbons (Fsp3) is 0.208. The lowest BCUT2D eigenvalue weighted by molar-refractivity contribution is 0.102. The molecule has 0 fully saturated rings. The molecule has 30 heavy (non-hydrogen) atoms. The fourth-order valence-corrected chi connectivity index (χ4v) is 5.70. The first kappa shape index (κ1) is 20.2. The van der Waals surface area contributed by atoms with E-state index < -0.39 is 10.0 Å². The molecule has 0 unspecified atom stereocenters. The van der Waals surface area contributed by atoms with Gasteiger partial charge in [0.05, 0.1) is 10.6 Å². The van der Waals surface area contributed by atoms with Crippen molar-refractivity contribution in [3.05, 3.63) is 89.5 Å². The molecule has 0 saturated carbocycles. The summed E-state index contributed by atoms with van der Waals surface area (Å²) in [5.74, 6) is -0.331. The van der Waals surface area contributed by atoms with Gasteiger partial charge in [-0.15, -0.1) is 0 Å². The zero-order chi connectivity index (χ0) is 21.3. The standard InChI is InChI=1S/C24H24N2O3S/c1-3-18-9-4-6-13-22(18)25-24(27)20-11-8-12-21(16-20)30(28,29)26-17(2)15-19-10-5-7-14-23(19)26/h4-14,16-17H,3,15H2,1-2H3,(H,25,27)/t17-/m0/s1. The molecule has 1 atom stereocenters. The molecule has 1 N–H and O–H groups in total. The third kappa shape index (κ3) is 3.59. The van der Waals surface area contributed by atoms with E-state index in [1.54, 1.807) is 18.2 Å². The molecular weight excluding hydrogens is 396 g/mol. The first-order valence-electron chi connectivity index (χ1n) is 10.0. The number of rotatable bonds is 5. The summed E-state index contributed by atoms with van der Waals surface area (Å²) in [5, 5.41) is 2.90. The minimum atomic E-state index is -3.79. The SMILES string of the molecule is CCc1ccccc1NC(=O)c1cccc(S(=O)(=O)N2c3ccccc3C[C@@H]2C)c1. The third-order valence-corrected chi connectivity index (χ3v) is 7.37. The Balaban J connectivity index is 1.65. The lowest BCUT2D eigenvalue weighted by Gasteiger charge is -2.24. The van der Waals surface area contributed by atoms with Gasteiger partial charge in [-0.05, 0) is 61.2 Å². The van der Waals surface area contributed by atoms with Crippen molar-refractivity contribution < 1.29 is 13.2 Å². The van der Waals surface area contributed by atoms with E-state index in [2.05, 4.69) is 5.32 Å². The summed E-state index contributed by atoms with van der Waals surface area (Å²) in [6.07, 6.45) is 1.46. The lowest BCUT2D eigenvalue weighted by Crippen LogP contribution is -2.35. The number of nitrogens with zero attached hydrogens (tertiary/aromatic N) is 1. The molecule has 154 valence electrons. The number of benzene rings is 3. The summed E-state index contributed by atoms with van der Waals surface area (Å²) < 4.78 is 28.3. The molecule has 1 aliphatic rings. The first-order chi connectivity index (χ1) is 14.4. The quantitative estimate of drug-likeness (QED) is 0.654. The fourth-order valence-electron chi connectivity index (χ4n) is 3.96. The van der Waals surface area contributed by atoms with Gasteiger partial charge in [-0.25, -0.2) is 8.42 Å². The van der Waals surface area contributed by atoms with Gasteiger partial charge < -0.3 is 5.32 Å². The number of carbonyl (C=O) groups is 1. The van der Waals surface area contributed by atoms with Gasteiger partial charge in [-0.1, -0.05) is 49.4 Å². The molecule has 4 rings (SSSR count). The Kier molecular flexibility index (Phi) is 5.35. The number of aryl methyl sites for hydroxylation is 1. The second kappa shape index (κ2) is 7.95. The number of sulfonamides is 1. The summed E-state index contributed by atoms with van der Waals surface area (Å²) in [6, 6.07) is 21.2. The van der Waals surface area contributed by atoms with Crippen LogP contribution < -0.4 is 9.62 Å². The van der Waals surface area contributed by atoms with Crippen molar-refractivity contribution in [2.45, 2.75) is 37.6 Å². The summed E-state index contributed by atoms with van der Waals surface area (Å²) in [6.45, 7) is 3.92. The summed E-state index contributed by atoms with van der Waals surface area (Å²) in [4.78, 5) is 12.9. The molecular formula is C24H24N2O3S. The second-order valence-electron chi connectivity index (χ2n) is 7.48. The van der Waals surface area contributed by atoms with Crippen molar-refractivity contribution in [3.63, 3.8) is 0 Å². The van der Waals surface area contributed by atoms with Crippen molar-refractivity contribution in [1.29, 1.82) is 0 Å². The van der Waals surface area contributed by atoms with E-state index in [-0.39, 0.29) is 16.8 Å². The molecule has 1 heterocycles. The number of para-hydroxylation sites is 2.